The maximum absolute atomic E-state index is 12.9. The zero-order valence-corrected chi connectivity index (χ0v) is 15.2. The lowest BCUT2D eigenvalue weighted by molar-refractivity contribution is -0.915. The first-order valence-electron chi connectivity index (χ1n) is 8.90. The number of amides is 2. The molecule has 1 N–H and O–H groups in total. The molecular weight excluding hydrogens is 350 g/mol. The predicted molar refractivity (Wildman–Crippen MR) is 102 cm³/mol. The summed E-state index contributed by atoms with van der Waals surface area (Å²) in [6.45, 7) is 3.41. The van der Waals surface area contributed by atoms with Crippen LogP contribution in [0.3, 0.4) is 0 Å². The molecule has 1 atom stereocenters. The van der Waals surface area contributed by atoms with Gasteiger partial charge in [-0.25, -0.2) is 4.90 Å². The van der Waals surface area contributed by atoms with E-state index in [-0.39, 0.29) is 17.9 Å². The molecule has 2 heterocycles. The maximum atomic E-state index is 12.9. The molecule has 2 aromatic carbocycles. The van der Waals surface area contributed by atoms with Crippen LogP contribution in [0.25, 0.3) is 0 Å². The second-order valence-electron chi connectivity index (χ2n) is 6.78. The summed E-state index contributed by atoms with van der Waals surface area (Å²) in [7, 11) is 0. The van der Waals surface area contributed by atoms with E-state index in [0.717, 1.165) is 36.9 Å². The van der Waals surface area contributed by atoms with Crippen LogP contribution in [-0.2, 0) is 9.59 Å². The van der Waals surface area contributed by atoms with Crippen molar-refractivity contribution in [2.75, 3.05) is 36.0 Å². The molecule has 0 aromatic heterocycles. The molecule has 2 aromatic rings. The number of quaternary nitrogens is 1. The number of rotatable bonds is 3. The number of anilines is 2. The van der Waals surface area contributed by atoms with Crippen LogP contribution in [0.4, 0.5) is 11.4 Å². The van der Waals surface area contributed by atoms with Gasteiger partial charge in [-0.3, -0.25) is 9.59 Å². The molecule has 2 fully saturated rings. The summed E-state index contributed by atoms with van der Waals surface area (Å²) >= 11 is 5.96. The first kappa shape index (κ1) is 17.1. The number of para-hydroxylation sites is 1. The van der Waals surface area contributed by atoms with Crippen LogP contribution in [0, 0.1) is 0 Å². The average molecular weight is 371 g/mol. The molecule has 2 saturated heterocycles. The molecule has 5 nitrogen and oxygen atoms in total. The van der Waals surface area contributed by atoms with Crippen molar-refractivity contribution in [2.45, 2.75) is 12.5 Å². The van der Waals surface area contributed by atoms with Gasteiger partial charge in [-0.1, -0.05) is 29.8 Å². The van der Waals surface area contributed by atoms with Crippen molar-refractivity contribution in [1.82, 2.24) is 0 Å². The summed E-state index contributed by atoms with van der Waals surface area (Å²) in [5, 5.41) is 0.731. The molecule has 4 rings (SSSR count). The Labute approximate surface area is 157 Å². The van der Waals surface area contributed by atoms with Crippen LogP contribution in [0.2, 0.25) is 5.02 Å². The van der Waals surface area contributed by atoms with Crippen molar-refractivity contribution in [1.29, 1.82) is 0 Å². The van der Waals surface area contributed by atoms with Gasteiger partial charge >= 0.3 is 0 Å². The van der Waals surface area contributed by atoms with Crippen molar-refractivity contribution in [2.24, 2.45) is 0 Å². The van der Waals surface area contributed by atoms with Gasteiger partial charge in [0.2, 0.25) is 5.91 Å². The van der Waals surface area contributed by atoms with Crippen LogP contribution in [0.1, 0.15) is 6.42 Å². The molecule has 26 heavy (non-hydrogen) atoms. The zero-order valence-electron chi connectivity index (χ0n) is 14.4. The topological polar surface area (TPSA) is 45.1 Å². The third-order valence-corrected chi connectivity index (χ3v) is 5.50. The molecule has 2 amide bonds. The number of benzene rings is 2. The van der Waals surface area contributed by atoms with Crippen molar-refractivity contribution in [3.8, 4) is 0 Å². The highest BCUT2D eigenvalue weighted by atomic mass is 35.5. The zero-order chi connectivity index (χ0) is 18.1. The number of hydrogen-bond acceptors (Lipinski definition) is 3. The van der Waals surface area contributed by atoms with Gasteiger partial charge in [-0.05, 0) is 36.4 Å². The summed E-state index contributed by atoms with van der Waals surface area (Å²) in [6, 6.07) is 16.8. The van der Waals surface area contributed by atoms with Gasteiger partial charge in [0.15, 0.2) is 6.04 Å². The highest BCUT2D eigenvalue weighted by Crippen LogP contribution is 2.22. The van der Waals surface area contributed by atoms with E-state index in [1.54, 1.807) is 0 Å². The van der Waals surface area contributed by atoms with Gasteiger partial charge in [0.25, 0.3) is 5.91 Å². The number of nitrogens with one attached hydrogen (secondary N) is 1. The summed E-state index contributed by atoms with van der Waals surface area (Å²) < 4.78 is 0. The van der Waals surface area contributed by atoms with E-state index in [2.05, 4.69) is 4.90 Å². The molecule has 0 radical (unpaired) electrons. The smallest absolute Gasteiger partial charge is 0.292 e. The van der Waals surface area contributed by atoms with E-state index >= 15 is 0 Å². The van der Waals surface area contributed by atoms with E-state index in [9.17, 15) is 9.59 Å². The Bertz CT molecular complexity index is 802. The lowest BCUT2D eigenvalue weighted by atomic mass is 10.1. The van der Waals surface area contributed by atoms with Gasteiger partial charge in [-0.2, -0.15) is 0 Å². The van der Waals surface area contributed by atoms with Crippen molar-refractivity contribution in [3.63, 3.8) is 0 Å². The average Bonchev–Trinajstić information content (AvgIpc) is 2.97. The van der Waals surface area contributed by atoms with Crippen LogP contribution < -0.4 is 14.7 Å². The fourth-order valence-electron chi connectivity index (χ4n) is 3.85. The lowest BCUT2D eigenvalue weighted by Crippen LogP contribution is -3.19. The highest BCUT2D eigenvalue weighted by Gasteiger charge is 2.46. The molecule has 0 aliphatic carbocycles. The Morgan fingerprint density at radius 3 is 2.19 bits per heavy atom. The first-order valence-corrected chi connectivity index (χ1v) is 9.28. The third kappa shape index (κ3) is 3.20. The minimum absolute atomic E-state index is 0.0730. The van der Waals surface area contributed by atoms with Gasteiger partial charge in [-0.15, -0.1) is 0 Å². The lowest BCUT2D eigenvalue weighted by Gasteiger charge is -2.35. The Kier molecular flexibility index (Phi) is 4.66. The van der Waals surface area contributed by atoms with Crippen molar-refractivity contribution in [3.05, 3.63) is 59.6 Å². The summed E-state index contributed by atoms with van der Waals surface area (Å²) in [5.41, 5.74) is 1.82. The van der Waals surface area contributed by atoms with Gasteiger partial charge in [0.1, 0.15) is 0 Å². The minimum atomic E-state index is -0.268. The quantitative estimate of drug-likeness (QED) is 0.830. The van der Waals surface area contributed by atoms with Gasteiger partial charge in [0.05, 0.1) is 38.3 Å². The molecule has 134 valence electrons. The monoisotopic (exact) mass is 370 g/mol. The number of piperazine rings is 1. The number of hydrogen-bond donors (Lipinski definition) is 1. The van der Waals surface area contributed by atoms with Crippen molar-refractivity contribution < 1.29 is 14.5 Å². The Morgan fingerprint density at radius 1 is 0.885 bits per heavy atom. The van der Waals surface area contributed by atoms with E-state index in [1.807, 2.05) is 54.6 Å². The highest BCUT2D eigenvalue weighted by molar-refractivity contribution is 6.30. The normalized spacial score (nSPS) is 21.5. The van der Waals surface area contributed by atoms with Crippen LogP contribution in [0.15, 0.2) is 54.6 Å². The number of halogens is 1. The van der Waals surface area contributed by atoms with E-state index in [4.69, 9.17) is 11.6 Å². The molecule has 0 saturated carbocycles. The molecule has 0 bridgehead atoms. The second-order valence-corrected chi connectivity index (χ2v) is 7.22. The van der Waals surface area contributed by atoms with E-state index < -0.39 is 0 Å². The maximum Gasteiger partial charge on any atom is 0.292 e. The molecular formula is C20H21ClN3O2+. The Balaban J connectivity index is 1.42. The van der Waals surface area contributed by atoms with E-state index in [1.165, 1.54) is 9.80 Å². The largest absolute Gasteiger partial charge is 0.360 e. The van der Waals surface area contributed by atoms with Crippen LogP contribution in [0.5, 0.6) is 0 Å². The summed E-state index contributed by atoms with van der Waals surface area (Å²) in [6.07, 6.45) is 0.296. The number of imide groups is 1. The standard InChI is InChI=1S/C20H20ClN3O2/c21-15-6-8-16(9-7-15)22-10-12-23(13-11-22)18-14-19(25)24(20(18)26)17-4-2-1-3-5-17/h1-9,18H,10-14H2/p+1/t18-/m0/s1. The summed E-state index contributed by atoms with van der Waals surface area (Å²) in [4.78, 5) is 30.1. The molecule has 0 unspecified atom stereocenters. The Morgan fingerprint density at radius 2 is 1.54 bits per heavy atom. The predicted octanol–water partition coefficient (Wildman–Crippen LogP) is 1.38. The van der Waals surface area contributed by atoms with Crippen LogP contribution >= 0.6 is 11.6 Å². The fourth-order valence-corrected chi connectivity index (χ4v) is 3.98. The second kappa shape index (κ2) is 7.09. The number of nitrogens with zero attached hydrogens (tertiary/aromatic N) is 2. The molecule has 2 aliphatic rings. The van der Waals surface area contributed by atoms with E-state index in [0.29, 0.717) is 12.1 Å². The fraction of sp³-hybridized carbons (Fsp3) is 0.300. The number of carbonyl (C=O) groups is 2. The number of carbonyl (C=O) groups excluding carboxylic acids is 2. The molecule has 2 aliphatic heterocycles. The third-order valence-electron chi connectivity index (χ3n) is 5.25. The van der Waals surface area contributed by atoms with Crippen molar-refractivity contribution >= 4 is 34.8 Å². The Hall–Kier alpha value is -2.37. The SMILES string of the molecule is O=C1C[C@H]([NH+]2CCN(c3ccc(Cl)cc3)CC2)C(=O)N1c1ccccc1. The molecule has 0 spiro atoms. The minimum Gasteiger partial charge on any atom is -0.360 e. The molecule has 6 heteroatoms. The van der Waals surface area contributed by atoms with Crippen LogP contribution in [-0.4, -0.2) is 44.0 Å². The van der Waals surface area contributed by atoms with Gasteiger partial charge < -0.3 is 9.80 Å². The van der Waals surface area contributed by atoms with Gasteiger partial charge in [0, 0.05) is 10.7 Å². The summed E-state index contributed by atoms with van der Waals surface area (Å²) in [5.74, 6) is -0.171. The first-order chi connectivity index (χ1) is 12.6.